The average molecular weight is 849 g/mol. The van der Waals surface area contributed by atoms with Gasteiger partial charge in [-0.25, -0.2) is 0 Å². The van der Waals surface area contributed by atoms with Gasteiger partial charge < -0.3 is 9.64 Å². The number of para-hydroxylation sites is 1. The maximum atomic E-state index is 13.8. The maximum absolute atomic E-state index is 13.8. The third-order valence-electron chi connectivity index (χ3n) is 12.7. The number of halogens is 3. The highest BCUT2D eigenvalue weighted by Gasteiger charge is 2.52. The van der Waals surface area contributed by atoms with Crippen LogP contribution in [0.3, 0.4) is 0 Å². The maximum Gasteiger partial charge on any atom is 0.417 e. The molecule has 60 heavy (non-hydrogen) atoms. The number of aromatic nitrogens is 2. The fourth-order valence-electron chi connectivity index (χ4n) is 9.70. The topological polar surface area (TPSA) is 144 Å². The van der Waals surface area contributed by atoms with Gasteiger partial charge >= 0.3 is 6.18 Å². The minimum Gasteiger partial charge on any atom is -0.377 e. The molecule has 17 heteroatoms. The number of amides is 3. The van der Waals surface area contributed by atoms with E-state index in [1.54, 1.807) is 24.6 Å². The van der Waals surface area contributed by atoms with Crippen LogP contribution in [0.4, 0.5) is 18.9 Å². The zero-order valence-corrected chi connectivity index (χ0v) is 35.4. The van der Waals surface area contributed by atoms with Crippen molar-refractivity contribution in [2.24, 2.45) is 7.05 Å². The Morgan fingerprint density at radius 3 is 2.40 bits per heavy atom. The highest BCUT2D eigenvalue weighted by atomic mass is 32.1. The monoisotopic (exact) mass is 848 g/mol. The second-order valence-corrected chi connectivity index (χ2v) is 17.5. The van der Waals surface area contributed by atoms with Crippen molar-refractivity contribution < 1.29 is 37.1 Å². The minimum atomic E-state index is -4.77. The fourth-order valence-corrected chi connectivity index (χ4v) is 10.3. The number of Topliss-reactive ketones (excluding diaryl/α,β-unsaturated/α-hetero) is 1. The van der Waals surface area contributed by atoms with Gasteiger partial charge in [-0.15, -0.1) is 0 Å². The number of rotatable bonds is 11. The second-order valence-electron chi connectivity index (χ2n) is 17.2. The van der Waals surface area contributed by atoms with Crippen molar-refractivity contribution in [2.45, 2.75) is 115 Å². The van der Waals surface area contributed by atoms with E-state index in [1.165, 1.54) is 6.07 Å². The van der Waals surface area contributed by atoms with Crippen molar-refractivity contribution in [3.63, 3.8) is 0 Å². The highest BCUT2D eigenvalue weighted by Crippen LogP contribution is 2.41. The second kappa shape index (κ2) is 16.9. The molecular weight excluding hydrogens is 798 g/mol. The molecule has 1 aromatic heterocycles. The van der Waals surface area contributed by atoms with Gasteiger partial charge in [-0.2, -0.15) is 23.5 Å². The van der Waals surface area contributed by atoms with Crippen molar-refractivity contribution in [3.05, 3.63) is 58.8 Å². The van der Waals surface area contributed by atoms with Gasteiger partial charge in [-0.1, -0.05) is 18.2 Å². The van der Waals surface area contributed by atoms with E-state index in [0.29, 0.717) is 38.1 Å². The lowest BCUT2D eigenvalue weighted by molar-refractivity contribution is -0.138. The van der Waals surface area contributed by atoms with Crippen molar-refractivity contribution in [1.29, 1.82) is 5.26 Å². The van der Waals surface area contributed by atoms with Crippen LogP contribution in [0.2, 0.25) is 0 Å². The van der Waals surface area contributed by atoms with E-state index in [9.17, 15) is 37.6 Å². The first-order valence-electron chi connectivity index (χ1n) is 20.6. The molecule has 3 atom stereocenters. The van der Waals surface area contributed by atoms with E-state index in [1.807, 2.05) is 30.1 Å². The van der Waals surface area contributed by atoms with Crippen LogP contribution >= 0.6 is 12.2 Å². The largest absolute Gasteiger partial charge is 0.417 e. The van der Waals surface area contributed by atoms with E-state index in [0.717, 1.165) is 66.0 Å². The van der Waals surface area contributed by atoms with Crippen LogP contribution < -0.4 is 10.2 Å². The standard InChI is InChI=1S/C43H51F3N8O5S/c1-25-22-51(23-26(2)52(25)24-31(55)19-27-7-6-8-33-37(49-50(5)38(27)33)34-15-16-36(56)48-39(34)57)17-18-59-32-13-11-29(12-14-32)54-41(60)53(40(58)42(54,3)4)30-10-9-28(21-47)35(20-30)43(44,45)46/h6-10,20,25-26,29,32,34H,11-19,22-24H2,1-5H3,(H,48,56,57)/t25-,26+,29?,32?,34?. The summed E-state index contributed by atoms with van der Waals surface area (Å²) in [7, 11) is 1.81. The molecule has 4 fully saturated rings. The zero-order chi connectivity index (χ0) is 43.3. The minimum absolute atomic E-state index is 0.0120. The molecule has 4 aliphatic rings. The van der Waals surface area contributed by atoms with E-state index >= 15 is 0 Å². The Balaban J connectivity index is 0.884. The Hall–Kier alpha value is -4.76. The number of carbonyl (C=O) groups is 4. The summed E-state index contributed by atoms with van der Waals surface area (Å²) in [4.78, 5) is 59.3. The smallest absolute Gasteiger partial charge is 0.377 e. The van der Waals surface area contributed by atoms with Crippen molar-refractivity contribution in [2.75, 3.05) is 37.7 Å². The number of thiocarbonyl (C=S) groups is 1. The van der Waals surface area contributed by atoms with Crippen LogP contribution in [0, 0.1) is 11.3 Å². The van der Waals surface area contributed by atoms with Gasteiger partial charge in [0.15, 0.2) is 10.9 Å². The molecule has 1 N–H and O–H groups in total. The number of nitrogens with zero attached hydrogens (tertiary/aromatic N) is 7. The molecule has 1 saturated carbocycles. The summed E-state index contributed by atoms with van der Waals surface area (Å²) < 4.78 is 49.4. The molecule has 3 saturated heterocycles. The van der Waals surface area contributed by atoms with Gasteiger partial charge in [-0.05, 0) is 95.8 Å². The van der Waals surface area contributed by atoms with E-state index < -0.39 is 34.7 Å². The van der Waals surface area contributed by atoms with Crippen molar-refractivity contribution in [3.8, 4) is 6.07 Å². The summed E-state index contributed by atoms with van der Waals surface area (Å²) in [5.74, 6) is -1.46. The van der Waals surface area contributed by atoms with Crippen LogP contribution in [0.25, 0.3) is 10.9 Å². The summed E-state index contributed by atoms with van der Waals surface area (Å²) >= 11 is 5.75. The number of benzene rings is 2. The molecule has 0 spiro atoms. The van der Waals surface area contributed by atoms with Crippen molar-refractivity contribution in [1.82, 2.24) is 29.8 Å². The van der Waals surface area contributed by atoms with Crippen LogP contribution in [0.5, 0.6) is 0 Å². The van der Waals surface area contributed by atoms with Gasteiger partial charge in [0.25, 0.3) is 5.91 Å². The van der Waals surface area contributed by atoms with Crippen molar-refractivity contribution >= 4 is 57.4 Å². The number of hydrogen-bond acceptors (Lipinski definition) is 10. The number of ketones is 1. The van der Waals surface area contributed by atoms with E-state index in [2.05, 4.69) is 34.1 Å². The number of piperidine rings is 1. The number of imide groups is 1. The van der Waals surface area contributed by atoms with Gasteiger partial charge in [0.1, 0.15) is 5.54 Å². The number of alkyl halides is 3. The number of ether oxygens (including phenoxy) is 1. The van der Waals surface area contributed by atoms with Crippen LogP contribution in [-0.4, -0.2) is 116 Å². The number of nitriles is 1. The van der Waals surface area contributed by atoms with Crippen LogP contribution in [0.1, 0.15) is 94.5 Å². The van der Waals surface area contributed by atoms with Gasteiger partial charge in [0, 0.05) is 63.0 Å². The Kier molecular flexibility index (Phi) is 12.2. The lowest BCUT2D eigenvalue weighted by Gasteiger charge is -2.44. The normalized spacial score (nSPS) is 25.6. The van der Waals surface area contributed by atoms with E-state index in [4.69, 9.17) is 17.0 Å². The number of aryl methyl sites for hydroxylation is 1. The molecule has 1 unspecified atom stereocenters. The molecule has 0 bridgehead atoms. The first kappa shape index (κ1) is 43.3. The molecule has 3 amide bonds. The summed E-state index contributed by atoms with van der Waals surface area (Å²) in [6.45, 7) is 10.9. The molecule has 7 rings (SSSR count). The highest BCUT2D eigenvalue weighted by molar-refractivity contribution is 7.80. The molecule has 320 valence electrons. The SMILES string of the molecule is C[C@@H]1CN(CCOC2CCC(N3C(=S)N(c4ccc(C#N)c(C(F)(F)F)c4)C(=O)C3(C)C)CC2)C[C@H](C)N1CC(=O)Cc1cccc2c(C3CCC(=O)NC3=O)nn(C)c12. The predicted octanol–water partition coefficient (Wildman–Crippen LogP) is 5.23. The van der Waals surface area contributed by atoms with Gasteiger partial charge in [0.05, 0.1) is 59.3 Å². The predicted molar refractivity (Wildman–Crippen MR) is 221 cm³/mol. The first-order valence-corrected chi connectivity index (χ1v) is 21.0. The Bertz CT molecular complexity index is 2230. The Morgan fingerprint density at radius 1 is 1.05 bits per heavy atom. The fraction of sp³-hybridized carbons (Fsp3) is 0.558. The molecule has 4 heterocycles. The third kappa shape index (κ3) is 8.44. The third-order valence-corrected chi connectivity index (χ3v) is 13.0. The molecule has 2 aromatic carbocycles. The Labute approximate surface area is 352 Å². The molecule has 13 nitrogen and oxygen atoms in total. The molecule has 3 aliphatic heterocycles. The number of carbonyl (C=O) groups excluding carboxylic acids is 4. The van der Waals surface area contributed by atoms with E-state index in [-0.39, 0.29) is 65.5 Å². The average Bonchev–Trinajstić information content (AvgIpc) is 3.61. The summed E-state index contributed by atoms with van der Waals surface area (Å²) in [5.41, 5.74) is -0.413. The molecular formula is C43H51F3N8O5S. The number of anilines is 1. The molecule has 1 aliphatic carbocycles. The number of nitrogens with one attached hydrogen (secondary N) is 1. The first-order chi connectivity index (χ1) is 28.4. The molecule has 3 aromatic rings. The van der Waals surface area contributed by atoms with Crippen LogP contribution in [-0.2, 0) is 43.6 Å². The lowest BCUT2D eigenvalue weighted by Crippen LogP contribution is -2.58. The van der Waals surface area contributed by atoms with Gasteiger partial charge in [0.2, 0.25) is 11.8 Å². The van der Waals surface area contributed by atoms with Gasteiger partial charge in [-0.3, -0.25) is 43.9 Å². The number of hydrogen-bond donors (Lipinski definition) is 1. The zero-order valence-electron chi connectivity index (χ0n) is 34.6. The lowest BCUT2D eigenvalue weighted by atomic mass is 9.89. The number of piperazine rings is 1. The summed E-state index contributed by atoms with van der Waals surface area (Å²) in [6, 6.07) is 10.7. The molecule has 0 radical (unpaired) electrons. The number of fused-ring (bicyclic) bond motifs is 1. The van der Waals surface area contributed by atoms with Crippen LogP contribution in [0.15, 0.2) is 36.4 Å². The summed E-state index contributed by atoms with van der Waals surface area (Å²) in [5, 5.41) is 17.3. The Morgan fingerprint density at radius 2 is 1.75 bits per heavy atom. The summed E-state index contributed by atoms with van der Waals surface area (Å²) in [6.07, 6.45) is -0.947. The quantitative estimate of drug-likeness (QED) is 0.200.